The molecule has 30 heteroatoms. The van der Waals surface area contributed by atoms with Crippen LogP contribution in [0.4, 0.5) is 34.5 Å². The van der Waals surface area contributed by atoms with Crippen LogP contribution in [0.25, 0.3) is 78.5 Å². The average Bonchev–Trinajstić information content (AvgIpc) is 1.60. The van der Waals surface area contributed by atoms with Gasteiger partial charge in [0.25, 0.3) is 0 Å². The Morgan fingerprint density at radius 2 is 0.905 bits per heavy atom. The first-order valence-corrected chi connectivity index (χ1v) is 38.6. The number of hydrogen-bond acceptors (Lipinski definition) is 20. The summed E-state index contributed by atoms with van der Waals surface area (Å²) in [6.07, 6.45) is 19.9. The topological polar surface area (TPSA) is 349 Å². The molecule has 0 unspecified atom stereocenters. The average molecular weight is 1570 g/mol. The van der Waals surface area contributed by atoms with Crippen LogP contribution in [-0.4, -0.2) is 133 Å². The van der Waals surface area contributed by atoms with E-state index in [9.17, 15) is 32.4 Å². The molecule has 15 aromatic rings. The Morgan fingerprint density at radius 1 is 0.483 bits per heavy atom. The molecule has 6 N–H and O–H groups in total. The summed E-state index contributed by atoms with van der Waals surface area (Å²) in [5.41, 5.74) is 24.8. The number of hydrogen-bond donors (Lipinski definition) is 3. The van der Waals surface area contributed by atoms with E-state index in [1.165, 1.54) is 75.5 Å². The van der Waals surface area contributed by atoms with E-state index in [4.69, 9.17) is 33.1 Å². The minimum Gasteiger partial charge on any atom is -0.457 e. The van der Waals surface area contributed by atoms with E-state index in [0.717, 1.165) is 17.4 Å². The van der Waals surface area contributed by atoms with Crippen LogP contribution in [0.2, 0.25) is 0 Å². The highest BCUT2D eigenvalue weighted by Gasteiger charge is 2.50. The van der Waals surface area contributed by atoms with Crippen molar-refractivity contribution < 1.29 is 27.5 Å². The largest absolute Gasteiger partial charge is 0.457 e. The minimum absolute atomic E-state index is 0.138. The Balaban J connectivity index is 0.000000131. The van der Waals surface area contributed by atoms with E-state index in [-0.39, 0.29) is 45.9 Å². The summed E-state index contributed by atoms with van der Waals surface area (Å²) in [6, 6.07) is 64.0. The van der Waals surface area contributed by atoms with Crippen LogP contribution in [0.1, 0.15) is 38.5 Å². The van der Waals surface area contributed by atoms with Crippen molar-refractivity contribution >= 4 is 101 Å². The second-order valence-electron chi connectivity index (χ2n) is 28.2. The molecule has 0 bridgehead atoms. The maximum atomic E-state index is 13.9. The standard InChI is InChI=1S/C30H24N6O3.C29H28N8O2.C27H24N6O4S/c1-3-30(16-17-30)28(37)34(2)21-8-7-9-22(18-21)36-27-25(26(31)32-19-33-27)35(29(36)38)20-12-14-24(15-13-20)39-23-10-5-4-6-11-23;1-34(20-10-11-20)15-5-9-25(38)35(2)21-7-3-8-22(17-21)37-28-26(27(30)32-18-33-28)36(29(37)39)23-12-13-24-19(16-23)6-4-14-31-24;1-31(38(35,36)23-14-15-23)19-6-5-7-20(16-19)33-26-24(25(28)29-17-30-26)32(27(33)34)18-10-12-22(13-11-18)37-21-8-3-2-4-9-21/h1,4-15,18-19H,16-17H2,2H3,(H2,31,32,33);3-9,12-14,16-18,20H,10-11,15H2,1-2H3,(H2,30,32,33);2-13,16-17,23H,14-15H2,1H3,(H2,28,29,30)/b;9-5+;. The predicted molar refractivity (Wildman–Crippen MR) is 447 cm³/mol. The highest BCUT2D eigenvalue weighted by molar-refractivity contribution is 7.93. The van der Waals surface area contributed by atoms with Crippen LogP contribution in [0.15, 0.2) is 264 Å². The lowest BCUT2D eigenvalue weighted by Gasteiger charge is -2.21. The zero-order valence-electron chi connectivity index (χ0n) is 63.3. The molecular formula is C86H76N20O9S. The molecule has 29 nitrogen and oxygen atoms in total. The number of terminal acetylenes is 1. The summed E-state index contributed by atoms with van der Waals surface area (Å²) in [7, 11) is 3.53. The Kier molecular flexibility index (Phi) is 20.1. The normalized spacial score (nSPS) is 13.6. The fraction of sp³-hybridized carbons (Fsp3) is 0.163. The number of likely N-dealkylation sites (N-methyl/N-ethyl adjacent to an activating group) is 2. The quantitative estimate of drug-likeness (QED) is 0.0471. The van der Waals surface area contributed by atoms with Crippen LogP contribution in [0.5, 0.6) is 23.0 Å². The van der Waals surface area contributed by atoms with Crippen molar-refractivity contribution in [3.8, 4) is 69.5 Å². The fourth-order valence-electron chi connectivity index (χ4n) is 13.8. The van der Waals surface area contributed by atoms with E-state index in [1.807, 2.05) is 103 Å². The molecule has 8 aromatic carbocycles. The number of fused-ring (bicyclic) bond motifs is 4. The van der Waals surface area contributed by atoms with Crippen LogP contribution in [0, 0.1) is 17.8 Å². The molecule has 3 aliphatic carbocycles. The highest BCUT2D eigenvalue weighted by Crippen LogP contribution is 2.47. The summed E-state index contributed by atoms with van der Waals surface area (Å²) in [5, 5.41) is 0.527. The van der Waals surface area contributed by atoms with Gasteiger partial charge in [-0.1, -0.05) is 72.7 Å². The molecule has 0 spiro atoms. The van der Waals surface area contributed by atoms with Crippen molar-refractivity contribution in [2.45, 2.75) is 49.8 Å². The van der Waals surface area contributed by atoms with E-state index in [1.54, 1.807) is 147 Å². The van der Waals surface area contributed by atoms with Gasteiger partial charge in [0.2, 0.25) is 21.8 Å². The lowest BCUT2D eigenvalue weighted by Crippen LogP contribution is -2.33. The number of pyridine rings is 1. The number of ether oxygens (including phenoxy) is 2. The number of amides is 2. The SMILES string of the molecule is C#CC1(C(=O)N(C)c2cccc(-n3c(=O)n(-c4ccc(Oc5ccccc5)cc4)c4c(N)ncnc43)c2)CC1.CN(C(=O)/C=C/CN(C)C1CC1)c1cccc(-n2c(=O)n(-c3ccc4ncccc4c3)c3c(N)ncnc32)c1.CN(c1cccc(-n2c(=O)n(-c3ccc(Oc4ccccc4)cc3)c3c(N)ncnc32)c1)S(=O)(=O)C1CC1. The molecule has 0 atom stereocenters. The molecule has 7 heterocycles. The van der Waals surface area contributed by atoms with E-state index >= 15 is 0 Å². The third kappa shape index (κ3) is 14.7. The van der Waals surface area contributed by atoms with Gasteiger partial charge in [-0.2, -0.15) is 0 Å². The van der Waals surface area contributed by atoms with Crippen molar-refractivity contribution in [1.82, 2.24) is 67.2 Å². The van der Waals surface area contributed by atoms with Gasteiger partial charge in [0.1, 0.15) is 63.9 Å². The zero-order valence-corrected chi connectivity index (χ0v) is 64.1. The summed E-state index contributed by atoms with van der Waals surface area (Å²) in [4.78, 5) is 103. The monoisotopic (exact) mass is 1560 g/mol. The Morgan fingerprint density at radius 3 is 1.35 bits per heavy atom. The number of aromatic nitrogens is 13. The van der Waals surface area contributed by atoms with Crippen molar-refractivity contribution in [2.24, 2.45) is 5.41 Å². The molecule has 7 aromatic heterocycles. The zero-order chi connectivity index (χ0) is 80.7. The summed E-state index contributed by atoms with van der Waals surface area (Å²) >= 11 is 0. The summed E-state index contributed by atoms with van der Waals surface area (Å²) in [5.74, 6) is 5.46. The van der Waals surface area contributed by atoms with E-state index < -0.39 is 21.1 Å². The Hall–Kier alpha value is -14.8. The van der Waals surface area contributed by atoms with Gasteiger partial charge in [0.15, 0.2) is 34.4 Å². The van der Waals surface area contributed by atoms with Gasteiger partial charge in [-0.05, 0) is 197 Å². The van der Waals surface area contributed by atoms with Crippen LogP contribution in [0.3, 0.4) is 0 Å². The summed E-state index contributed by atoms with van der Waals surface area (Å²) < 4.78 is 47.4. The number of para-hydroxylation sites is 2. The Labute approximate surface area is 663 Å². The van der Waals surface area contributed by atoms with Gasteiger partial charge in [-0.3, -0.25) is 37.5 Å². The summed E-state index contributed by atoms with van der Waals surface area (Å²) in [6.45, 7) is 0.727. The van der Waals surface area contributed by atoms with Gasteiger partial charge in [-0.15, -0.1) is 6.42 Å². The second kappa shape index (κ2) is 31.0. The fourth-order valence-corrected chi connectivity index (χ4v) is 15.4. The number of rotatable bonds is 20. The van der Waals surface area contributed by atoms with Gasteiger partial charge < -0.3 is 36.5 Å². The number of nitrogens with zero attached hydrogens (tertiary/aromatic N) is 17. The van der Waals surface area contributed by atoms with Crippen LogP contribution >= 0.6 is 0 Å². The number of carbonyl (C=O) groups excluding carboxylic acids is 2. The molecule has 0 aliphatic heterocycles. The molecule has 18 rings (SSSR count). The second-order valence-corrected chi connectivity index (χ2v) is 30.4. The highest BCUT2D eigenvalue weighted by atomic mass is 32.2. The van der Waals surface area contributed by atoms with Crippen LogP contribution in [-0.2, 0) is 19.6 Å². The number of benzene rings is 8. The van der Waals surface area contributed by atoms with Crippen molar-refractivity contribution in [1.29, 1.82) is 0 Å². The first-order chi connectivity index (χ1) is 56.2. The number of imidazole rings is 3. The number of carbonyl (C=O) groups is 2. The van der Waals surface area contributed by atoms with Crippen molar-refractivity contribution in [3.05, 3.63) is 281 Å². The Bertz CT molecular complexity index is 6700. The van der Waals surface area contributed by atoms with Gasteiger partial charge in [-0.25, -0.2) is 66.4 Å². The molecule has 3 saturated carbocycles. The molecular weight excluding hydrogens is 1490 g/mol. The first-order valence-electron chi connectivity index (χ1n) is 37.1. The smallest absolute Gasteiger partial charge is 0.339 e. The minimum atomic E-state index is -3.46. The third-order valence-electron chi connectivity index (χ3n) is 20.6. The first kappa shape index (κ1) is 75.2. The van der Waals surface area contributed by atoms with Crippen molar-refractivity contribution in [3.63, 3.8) is 0 Å². The molecule has 0 radical (unpaired) electrons. The molecule has 116 heavy (non-hydrogen) atoms. The number of anilines is 6. The number of nitrogen functional groups attached to an aromatic ring is 3. The molecule has 3 fully saturated rings. The van der Waals surface area contributed by atoms with Gasteiger partial charge in [0.05, 0.1) is 50.6 Å². The number of sulfonamides is 1. The van der Waals surface area contributed by atoms with E-state index in [0.29, 0.717) is 139 Å². The lowest BCUT2D eigenvalue weighted by atomic mass is 10.1. The van der Waals surface area contributed by atoms with Crippen LogP contribution < -0.4 is 57.8 Å². The lowest BCUT2D eigenvalue weighted by molar-refractivity contribution is -0.121. The third-order valence-corrected chi connectivity index (χ3v) is 22.9. The predicted octanol–water partition coefficient (Wildman–Crippen LogP) is 11.5. The maximum Gasteiger partial charge on any atom is 0.339 e. The van der Waals surface area contributed by atoms with Gasteiger partial charge >= 0.3 is 17.1 Å². The van der Waals surface area contributed by atoms with Gasteiger partial charge in [0, 0.05) is 62.8 Å². The molecule has 580 valence electrons. The van der Waals surface area contributed by atoms with E-state index in [2.05, 4.69) is 52.8 Å². The molecule has 2 amide bonds. The molecule has 0 saturated heterocycles. The number of nitrogens with two attached hydrogens (primary N) is 3. The molecule has 3 aliphatic rings. The van der Waals surface area contributed by atoms with Crippen molar-refractivity contribution in [2.75, 3.05) is 66.0 Å². The maximum absolute atomic E-state index is 13.9.